The van der Waals surface area contributed by atoms with Crippen molar-refractivity contribution < 1.29 is 27.4 Å². The van der Waals surface area contributed by atoms with E-state index in [-0.39, 0.29) is 23.5 Å². The number of hydrogen-bond acceptors (Lipinski definition) is 7. The molecule has 0 unspecified atom stereocenters. The zero-order valence-corrected chi connectivity index (χ0v) is 27.6. The highest BCUT2D eigenvalue weighted by molar-refractivity contribution is 7.90. The van der Waals surface area contributed by atoms with Crippen molar-refractivity contribution in [3.8, 4) is 5.75 Å². The maximum absolute atomic E-state index is 13.7. The summed E-state index contributed by atoms with van der Waals surface area (Å²) in [6.45, 7) is 2.05. The van der Waals surface area contributed by atoms with Crippen LogP contribution in [0.4, 0.5) is 5.69 Å². The summed E-state index contributed by atoms with van der Waals surface area (Å²) < 4.78 is 48.0. The van der Waals surface area contributed by atoms with Gasteiger partial charge in [0.2, 0.25) is 10.0 Å². The zero-order valence-electron chi connectivity index (χ0n) is 26.0. The Morgan fingerprint density at radius 2 is 1.93 bits per heavy atom. The van der Waals surface area contributed by atoms with Crippen LogP contribution in [0, 0.1) is 17.8 Å². The fraction of sp³-hybridized carbons (Fsp3) is 0.571. The van der Waals surface area contributed by atoms with Crippen LogP contribution in [0.15, 0.2) is 48.6 Å². The normalized spacial score (nSPS) is 34.7. The van der Waals surface area contributed by atoms with Crippen LogP contribution in [0.2, 0.25) is 5.02 Å². The van der Waals surface area contributed by atoms with E-state index in [1.165, 1.54) is 11.1 Å². The van der Waals surface area contributed by atoms with Gasteiger partial charge in [0, 0.05) is 43.3 Å². The first-order chi connectivity index (χ1) is 21.7. The summed E-state index contributed by atoms with van der Waals surface area (Å²) in [5.74, 6) is 0.698. The van der Waals surface area contributed by atoms with E-state index >= 15 is 0 Å². The number of ether oxygens (including phenoxy) is 3. The lowest BCUT2D eigenvalue weighted by Crippen LogP contribution is -2.49. The van der Waals surface area contributed by atoms with Gasteiger partial charge in [0.15, 0.2) is 0 Å². The molecule has 10 heteroatoms. The molecular weight excluding hydrogens is 612 g/mol. The van der Waals surface area contributed by atoms with Crippen LogP contribution >= 0.6 is 11.6 Å². The van der Waals surface area contributed by atoms with Crippen molar-refractivity contribution in [2.75, 3.05) is 38.8 Å². The molecule has 2 bridgehead atoms. The molecule has 2 aliphatic heterocycles. The van der Waals surface area contributed by atoms with Crippen LogP contribution in [0.1, 0.15) is 66.4 Å². The predicted octanol–water partition coefficient (Wildman–Crippen LogP) is 5.67. The Hall–Kier alpha value is -2.59. The Balaban J connectivity index is 1.29. The largest absolute Gasteiger partial charge is 0.490 e. The third-order valence-electron chi connectivity index (χ3n) is 11.2. The van der Waals surface area contributed by atoms with Crippen LogP contribution in [0.25, 0.3) is 0 Å². The summed E-state index contributed by atoms with van der Waals surface area (Å²) in [5.41, 5.74) is 3.46. The second kappa shape index (κ2) is 12.2. The average Bonchev–Trinajstić information content (AvgIpc) is 3.38. The number of anilines is 1. The Labute approximate surface area is 271 Å². The van der Waals surface area contributed by atoms with E-state index < -0.39 is 21.2 Å². The quantitative estimate of drug-likeness (QED) is 0.417. The van der Waals surface area contributed by atoms with Gasteiger partial charge in [-0.25, -0.2) is 13.1 Å². The molecule has 5 aliphatic rings. The second-order valence-corrected chi connectivity index (χ2v) is 16.1. The van der Waals surface area contributed by atoms with Crippen molar-refractivity contribution in [2.24, 2.45) is 17.8 Å². The number of carbonyl (C=O) groups is 1. The van der Waals surface area contributed by atoms with E-state index in [9.17, 15) is 13.2 Å². The Morgan fingerprint density at radius 3 is 2.71 bits per heavy atom. The Kier molecular flexibility index (Phi) is 8.42. The molecule has 0 radical (unpaired) electrons. The van der Waals surface area contributed by atoms with Crippen molar-refractivity contribution in [2.45, 2.75) is 74.2 Å². The van der Waals surface area contributed by atoms with Gasteiger partial charge in [0.05, 0.1) is 29.8 Å². The summed E-state index contributed by atoms with van der Waals surface area (Å²) in [6, 6.07) is 11.6. The number of nitrogens with zero attached hydrogens (tertiary/aromatic N) is 1. The van der Waals surface area contributed by atoms with E-state index in [1.54, 1.807) is 20.3 Å². The number of rotatable bonds is 2. The van der Waals surface area contributed by atoms with Crippen LogP contribution in [0.3, 0.4) is 0 Å². The molecule has 0 saturated heterocycles. The van der Waals surface area contributed by atoms with Gasteiger partial charge in [-0.2, -0.15) is 0 Å². The number of benzene rings is 2. The van der Waals surface area contributed by atoms with E-state index in [0.717, 1.165) is 55.9 Å². The maximum atomic E-state index is 13.7. The van der Waals surface area contributed by atoms with Gasteiger partial charge >= 0.3 is 0 Å². The molecule has 1 spiro atoms. The van der Waals surface area contributed by atoms with E-state index in [0.29, 0.717) is 49.0 Å². The Bertz CT molecular complexity index is 1600. The fourth-order valence-corrected chi connectivity index (χ4v) is 10.6. The molecular formula is C35H43ClN2O6S. The summed E-state index contributed by atoms with van der Waals surface area (Å²) in [5, 5.41) is 0.0266. The third kappa shape index (κ3) is 5.79. The molecule has 1 amide bonds. The van der Waals surface area contributed by atoms with Gasteiger partial charge in [0.1, 0.15) is 5.75 Å². The minimum absolute atomic E-state index is 0.0495. The second-order valence-electron chi connectivity index (χ2n) is 13.8. The van der Waals surface area contributed by atoms with E-state index in [4.69, 9.17) is 25.8 Å². The minimum atomic E-state index is -3.96. The third-order valence-corrected chi connectivity index (χ3v) is 13.3. The first-order valence-electron chi connectivity index (χ1n) is 16.3. The summed E-state index contributed by atoms with van der Waals surface area (Å²) in [4.78, 5) is 16.0. The molecule has 3 aliphatic carbocycles. The number of hydrogen-bond donors (Lipinski definition) is 1. The number of fused-ring (bicyclic) bond motifs is 5. The van der Waals surface area contributed by atoms with Crippen molar-refractivity contribution in [3.05, 3.63) is 70.3 Å². The number of carbonyl (C=O) groups excluding carboxylic acids is 1. The number of amides is 1. The Morgan fingerprint density at radius 1 is 1.07 bits per heavy atom. The number of nitrogens with one attached hydrogen (secondary N) is 1. The van der Waals surface area contributed by atoms with Gasteiger partial charge in [-0.15, -0.1) is 0 Å². The lowest BCUT2D eigenvalue weighted by atomic mass is 9.68. The standard InChI is InChI=1S/C35H43ClN2O6S/c1-42-27-16-23-5-3-7-31(43-2)28-11-8-25(28)19-38-20-35(14-4-6-22-15-26(36)10-12-29(22)35)21-44-32-13-9-24(17-30(32)38)34(39)37-45(40,41)33(23)18-27/h3,7,9-10,12-13,15,17,23,25,27-28,31,33H,4-6,8,11,14,16,18-21H2,1-2H3,(H,37,39)/b7-3+/t23-,25+,27-,28-,31+,33-,35+/m1/s1. The summed E-state index contributed by atoms with van der Waals surface area (Å²) in [7, 11) is -0.573. The van der Waals surface area contributed by atoms with Gasteiger partial charge in [0.25, 0.3) is 5.91 Å². The highest BCUT2D eigenvalue weighted by atomic mass is 35.5. The van der Waals surface area contributed by atoms with Gasteiger partial charge in [-0.05, 0) is 111 Å². The molecule has 2 aromatic rings. The smallest absolute Gasteiger partial charge is 0.264 e. The summed E-state index contributed by atoms with van der Waals surface area (Å²) >= 11 is 6.42. The molecule has 2 aromatic carbocycles. The van der Waals surface area contributed by atoms with Crippen LogP contribution < -0.4 is 14.4 Å². The molecule has 8 nitrogen and oxygen atoms in total. The maximum Gasteiger partial charge on any atom is 0.264 e. The first-order valence-corrected chi connectivity index (χ1v) is 18.2. The molecule has 2 fully saturated rings. The molecule has 1 N–H and O–H groups in total. The highest BCUT2D eigenvalue weighted by Crippen LogP contribution is 2.47. The highest BCUT2D eigenvalue weighted by Gasteiger charge is 2.46. The molecule has 45 heavy (non-hydrogen) atoms. The number of aryl methyl sites for hydroxylation is 1. The number of allylic oxidation sites excluding steroid dienone is 1. The zero-order chi connectivity index (χ0) is 31.3. The number of halogens is 1. The van der Waals surface area contributed by atoms with Crippen molar-refractivity contribution >= 4 is 33.2 Å². The van der Waals surface area contributed by atoms with Crippen LogP contribution in [0.5, 0.6) is 5.75 Å². The van der Waals surface area contributed by atoms with E-state index in [1.807, 2.05) is 18.2 Å². The predicted molar refractivity (Wildman–Crippen MR) is 175 cm³/mol. The average molecular weight is 655 g/mol. The van der Waals surface area contributed by atoms with Gasteiger partial charge < -0.3 is 19.1 Å². The van der Waals surface area contributed by atoms with Crippen molar-refractivity contribution in [1.29, 1.82) is 0 Å². The number of methoxy groups -OCH3 is 2. The van der Waals surface area contributed by atoms with E-state index in [2.05, 4.69) is 33.9 Å². The first kappa shape index (κ1) is 31.0. The van der Waals surface area contributed by atoms with Gasteiger partial charge in [-0.3, -0.25) is 4.79 Å². The topological polar surface area (TPSA) is 94.2 Å². The monoisotopic (exact) mass is 654 g/mol. The molecule has 7 atom stereocenters. The summed E-state index contributed by atoms with van der Waals surface area (Å²) in [6.07, 6.45) is 10.8. The van der Waals surface area contributed by atoms with Crippen LogP contribution in [-0.4, -0.2) is 65.7 Å². The van der Waals surface area contributed by atoms with Gasteiger partial charge in [-0.1, -0.05) is 29.8 Å². The molecule has 2 heterocycles. The molecule has 242 valence electrons. The lowest BCUT2D eigenvalue weighted by molar-refractivity contribution is 0.0131. The molecule has 7 rings (SSSR count). The van der Waals surface area contributed by atoms with Crippen LogP contribution in [-0.2, 0) is 31.3 Å². The number of sulfonamides is 1. The molecule has 0 aromatic heterocycles. The fourth-order valence-electron chi connectivity index (χ4n) is 8.70. The van der Waals surface area contributed by atoms with Crippen molar-refractivity contribution in [1.82, 2.24) is 4.72 Å². The minimum Gasteiger partial charge on any atom is -0.490 e. The lowest BCUT2D eigenvalue weighted by Gasteiger charge is -2.46. The van der Waals surface area contributed by atoms with Crippen molar-refractivity contribution in [3.63, 3.8) is 0 Å². The SMILES string of the molecule is CO[C@@H]1C[C@H]2C/C=C/[C@H](OC)[C@@H]3CC[C@H]3CN3C[C@@]4(CCCc5cc(Cl)ccc54)COc4ccc(cc43)C(=O)NS(=O)(=O)[C@@H]2C1. The molecule has 2 saturated carbocycles.